The number of amides is 1. The van der Waals surface area contributed by atoms with E-state index in [1.54, 1.807) is 0 Å². The molecule has 4 fully saturated rings. The van der Waals surface area contributed by atoms with Gasteiger partial charge in [-0.15, -0.1) is 0 Å². The highest BCUT2D eigenvalue weighted by Crippen LogP contribution is 2.60. The molecular weight excluding hydrogens is 346 g/mol. The van der Waals surface area contributed by atoms with Crippen LogP contribution in [0.4, 0.5) is 5.69 Å². The Labute approximate surface area is 164 Å². The maximum absolute atomic E-state index is 13.3. The molecule has 142 valence electrons. The zero-order valence-corrected chi connectivity index (χ0v) is 15.9. The van der Waals surface area contributed by atoms with Gasteiger partial charge in [-0.25, -0.2) is 4.98 Å². The summed E-state index contributed by atoms with van der Waals surface area (Å²) in [6.45, 7) is 0. The van der Waals surface area contributed by atoms with Crippen LogP contribution in [0.15, 0.2) is 48.5 Å². The Bertz CT molecular complexity index is 998. The third kappa shape index (κ3) is 2.58. The van der Waals surface area contributed by atoms with Crippen LogP contribution in [-0.2, 0) is 4.79 Å². The van der Waals surface area contributed by atoms with E-state index in [1.807, 2.05) is 48.5 Å². The van der Waals surface area contributed by atoms with Gasteiger partial charge in [0.1, 0.15) is 5.82 Å². The van der Waals surface area contributed by atoms with Crippen molar-refractivity contribution < 1.29 is 4.79 Å². The average molecular weight is 371 g/mol. The lowest BCUT2D eigenvalue weighted by Crippen LogP contribution is -2.51. The maximum atomic E-state index is 13.3. The van der Waals surface area contributed by atoms with Gasteiger partial charge < -0.3 is 10.3 Å². The molecule has 1 heterocycles. The first-order valence-corrected chi connectivity index (χ1v) is 10.5. The first kappa shape index (κ1) is 16.3. The number of para-hydroxylation sites is 2. The van der Waals surface area contributed by atoms with E-state index in [0.717, 1.165) is 65.1 Å². The Morgan fingerprint density at radius 1 is 0.964 bits per heavy atom. The fourth-order valence-electron chi connectivity index (χ4n) is 6.49. The topological polar surface area (TPSA) is 57.8 Å². The van der Waals surface area contributed by atoms with Crippen molar-refractivity contribution in [2.75, 3.05) is 5.32 Å². The summed E-state index contributed by atoms with van der Waals surface area (Å²) >= 11 is 0. The molecular formula is C24H25N3O. The first-order chi connectivity index (χ1) is 13.7. The number of imidazole rings is 1. The van der Waals surface area contributed by atoms with Gasteiger partial charge in [-0.1, -0.05) is 24.3 Å². The molecule has 0 saturated heterocycles. The molecule has 0 radical (unpaired) electrons. The van der Waals surface area contributed by atoms with Gasteiger partial charge in [0.15, 0.2) is 0 Å². The van der Waals surface area contributed by atoms with Crippen LogP contribution in [-0.4, -0.2) is 15.9 Å². The second kappa shape index (κ2) is 5.94. The van der Waals surface area contributed by atoms with Crippen LogP contribution >= 0.6 is 0 Å². The molecule has 0 spiro atoms. The zero-order chi connectivity index (χ0) is 18.7. The summed E-state index contributed by atoms with van der Waals surface area (Å²) in [5.74, 6) is 3.41. The van der Waals surface area contributed by atoms with E-state index in [-0.39, 0.29) is 11.3 Å². The van der Waals surface area contributed by atoms with Crippen molar-refractivity contribution >= 4 is 22.6 Å². The quantitative estimate of drug-likeness (QED) is 0.649. The minimum absolute atomic E-state index is 0.121. The van der Waals surface area contributed by atoms with Crippen molar-refractivity contribution in [1.82, 2.24) is 9.97 Å². The molecule has 1 amide bonds. The highest BCUT2D eigenvalue weighted by Gasteiger charge is 2.54. The van der Waals surface area contributed by atoms with Crippen molar-refractivity contribution in [2.24, 2.45) is 23.2 Å². The number of hydrogen-bond acceptors (Lipinski definition) is 2. The predicted octanol–water partition coefficient (Wildman–Crippen LogP) is 5.38. The molecule has 2 aromatic carbocycles. The number of fused-ring (bicyclic) bond motifs is 1. The van der Waals surface area contributed by atoms with Gasteiger partial charge in [0.05, 0.1) is 16.4 Å². The largest absolute Gasteiger partial charge is 0.338 e. The van der Waals surface area contributed by atoms with Gasteiger partial charge in [0.25, 0.3) is 0 Å². The Balaban J connectivity index is 1.27. The lowest BCUT2D eigenvalue weighted by atomic mass is 9.49. The maximum Gasteiger partial charge on any atom is 0.230 e. The van der Waals surface area contributed by atoms with Crippen LogP contribution < -0.4 is 5.32 Å². The van der Waals surface area contributed by atoms with E-state index in [1.165, 1.54) is 19.3 Å². The first-order valence-electron chi connectivity index (χ1n) is 10.5. The van der Waals surface area contributed by atoms with Gasteiger partial charge in [0.2, 0.25) is 5.91 Å². The summed E-state index contributed by atoms with van der Waals surface area (Å²) < 4.78 is 0. The molecule has 4 aliphatic rings. The number of hydrogen-bond donors (Lipinski definition) is 2. The van der Waals surface area contributed by atoms with Crippen molar-refractivity contribution in [3.05, 3.63) is 48.5 Å². The Morgan fingerprint density at radius 3 is 2.39 bits per heavy atom. The van der Waals surface area contributed by atoms with Crippen molar-refractivity contribution in [1.29, 1.82) is 0 Å². The monoisotopic (exact) mass is 371 g/mol. The average Bonchev–Trinajstić information content (AvgIpc) is 3.11. The van der Waals surface area contributed by atoms with E-state index in [0.29, 0.717) is 0 Å². The third-order valence-electron chi connectivity index (χ3n) is 7.30. The summed E-state index contributed by atoms with van der Waals surface area (Å²) in [7, 11) is 0. The number of anilines is 1. The molecule has 28 heavy (non-hydrogen) atoms. The second-order valence-corrected chi connectivity index (χ2v) is 9.34. The van der Waals surface area contributed by atoms with E-state index in [9.17, 15) is 4.79 Å². The standard InChI is InChI=1S/C24H25N3O/c28-23(24-12-15-8-16(13-24)10-17(9-15)14-24)25-19-5-3-4-18(11-19)22-26-20-6-1-2-7-21(20)27-22/h1-7,11,15-17H,8-10,12-14H2,(H,25,28)(H,26,27). The SMILES string of the molecule is O=C(Nc1cccc(-c2nc3ccccc3[nH]2)c1)C12CC3CC(CC(C3)C1)C2. The van der Waals surface area contributed by atoms with E-state index in [4.69, 9.17) is 0 Å². The number of aromatic amines is 1. The number of H-pyrrole nitrogens is 1. The number of carbonyl (C=O) groups excluding carboxylic acids is 1. The molecule has 4 heteroatoms. The van der Waals surface area contributed by atoms with Crippen molar-refractivity contribution in [3.63, 3.8) is 0 Å². The molecule has 4 saturated carbocycles. The number of nitrogens with one attached hydrogen (secondary N) is 2. The fourth-order valence-corrected chi connectivity index (χ4v) is 6.49. The number of carbonyl (C=O) groups is 1. The number of aromatic nitrogens is 2. The number of benzene rings is 2. The summed E-state index contributed by atoms with van der Waals surface area (Å²) in [5, 5.41) is 3.26. The van der Waals surface area contributed by atoms with E-state index >= 15 is 0 Å². The zero-order valence-electron chi connectivity index (χ0n) is 15.9. The highest BCUT2D eigenvalue weighted by molar-refractivity contribution is 5.96. The highest BCUT2D eigenvalue weighted by atomic mass is 16.2. The van der Waals surface area contributed by atoms with E-state index in [2.05, 4.69) is 15.3 Å². The predicted molar refractivity (Wildman–Crippen MR) is 111 cm³/mol. The van der Waals surface area contributed by atoms with Crippen LogP contribution in [0.2, 0.25) is 0 Å². The Hall–Kier alpha value is -2.62. The van der Waals surface area contributed by atoms with Crippen LogP contribution in [0, 0.1) is 23.2 Å². The smallest absolute Gasteiger partial charge is 0.230 e. The van der Waals surface area contributed by atoms with E-state index < -0.39 is 0 Å². The molecule has 3 aromatic rings. The van der Waals surface area contributed by atoms with Crippen LogP contribution in [0.3, 0.4) is 0 Å². The van der Waals surface area contributed by atoms with Gasteiger partial charge in [-0.05, 0) is 80.5 Å². The molecule has 0 atom stereocenters. The Morgan fingerprint density at radius 2 is 1.68 bits per heavy atom. The molecule has 7 rings (SSSR count). The van der Waals surface area contributed by atoms with Crippen LogP contribution in [0.25, 0.3) is 22.4 Å². The molecule has 4 bridgehead atoms. The summed E-state index contributed by atoms with van der Waals surface area (Å²) in [6, 6.07) is 16.1. The second-order valence-electron chi connectivity index (χ2n) is 9.34. The molecule has 0 unspecified atom stereocenters. The third-order valence-corrected chi connectivity index (χ3v) is 7.30. The van der Waals surface area contributed by atoms with Crippen molar-refractivity contribution in [2.45, 2.75) is 38.5 Å². The molecule has 2 N–H and O–H groups in total. The summed E-state index contributed by atoms with van der Waals surface area (Å²) in [6.07, 6.45) is 7.34. The number of rotatable bonds is 3. The van der Waals surface area contributed by atoms with Gasteiger partial charge >= 0.3 is 0 Å². The molecule has 1 aromatic heterocycles. The minimum Gasteiger partial charge on any atom is -0.338 e. The van der Waals surface area contributed by atoms with Crippen LogP contribution in [0.1, 0.15) is 38.5 Å². The number of nitrogens with zero attached hydrogens (tertiary/aromatic N) is 1. The lowest BCUT2D eigenvalue weighted by molar-refractivity contribution is -0.140. The van der Waals surface area contributed by atoms with Gasteiger partial charge in [-0.2, -0.15) is 0 Å². The lowest BCUT2D eigenvalue weighted by Gasteiger charge is -2.55. The normalized spacial score (nSPS) is 30.6. The summed E-state index contributed by atoms with van der Waals surface area (Å²) in [5.41, 5.74) is 3.74. The Kier molecular flexibility index (Phi) is 3.47. The van der Waals surface area contributed by atoms with Crippen LogP contribution in [0.5, 0.6) is 0 Å². The van der Waals surface area contributed by atoms with Crippen molar-refractivity contribution in [3.8, 4) is 11.4 Å². The van der Waals surface area contributed by atoms with Gasteiger partial charge in [-0.3, -0.25) is 4.79 Å². The van der Waals surface area contributed by atoms with Gasteiger partial charge in [0, 0.05) is 11.3 Å². The minimum atomic E-state index is -0.121. The molecule has 4 aliphatic carbocycles. The summed E-state index contributed by atoms with van der Waals surface area (Å²) in [4.78, 5) is 21.4. The molecule has 0 aliphatic heterocycles. The fraction of sp³-hybridized carbons (Fsp3) is 0.417. The molecule has 4 nitrogen and oxygen atoms in total.